The van der Waals surface area contributed by atoms with Crippen LogP contribution in [0.3, 0.4) is 0 Å². The third-order valence-corrected chi connectivity index (χ3v) is 3.88. The molecular weight excluding hydrogens is 350 g/mol. The van der Waals surface area contributed by atoms with E-state index >= 15 is 0 Å². The number of nitrogens with two attached hydrogens (primary N) is 1. The summed E-state index contributed by atoms with van der Waals surface area (Å²) in [7, 11) is 0. The van der Waals surface area contributed by atoms with Crippen LogP contribution in [0.25, 0.3) is 0 Å². The predicted molar refractivity (Wildman–Crippen MR) is 99.7 cm³/mol. The van der Waals surface area contributed by atoms with Gasteiger partial charge >= 0.3 is 5.97 Å². The minimum atomic E-state index is -0.930. The number of amides is 3. The van der Waals surface area contributed by atoms with Gasteiger partial charge in [-0.25, -0.2) is 0 Å². The maximum absolute atomic E-state index is 12.6. The molecular formula is C19H27N3O5. The fourth-order valence-electron chi connectivity index (χ4n) is 2.65. The van der Waals surface area contributed by atoms with Crippen molar-refractivity contribution in [2.24, 2.45) is 11.7 Å². The van der Waals surface area contributed by atoms with Gasteiger partial charge in [0.05, 0.1) is 6.42 Å². The molecule has 148 valence electrons. The number of benzene rings is 1. The highest BCUT2D eigenvalue weighted by Gasteiger charge is 2.25. The highest BCUT2D eigenvalue weighted by Crippen LogP contribution is 2.10. The Morgan fingerprint density at radius 2 is 1.56 bits per heavy atom. The Balaban J connectivity index is 2.87. The van der Waals surface area contributed by atoms with E-state index in [0.717, 1.165) is 5.56 Å². The summed E-state index contributed by atoms with van der Waals surface area (Å²) in [5, 5.41) is 14.0. The first-order valence-electron chi connectivity index (χ1n) is 8.74. The van der Waals surface area contributed by atoms with Crippen LogP contribution >= 0.6 is 0 Å². The van der Waals surface area contributed by atoms with Gasteiger partial charge in [-0.1, -0.05) is 38.1 Å². The molecule has 0 fully saturated rings. The molecule has 1 unspecified atom stereocenters. The molecule has 3 amide bonds. The monoisotopic (exact) mass is 377 g/mol. The summed E-state index contributed by atoms with van der Waals surface area (Å²) < 4.78 is 0. The largest absolute Gasteiger partial charge is 0.481 e. The summed E-state index contributed by atoms with van der Waals surface area (Å²) in [6.45, 7) is 5.12. The maximum atomic E-state index is 12.6. The van der Waals surface area contributed by atoms with Gasteiger partial charge in [0.25, 0.3) is 0 Å². The fourth-order valence-corrected chi connectivity index (χ4v) is 2.65. The zero-order valence-electron chi connectivity index (χ0n) is 15.8. The van der Waals surface area contributed by atoms with E-state index in [-0.39, 0.29) is 24.7 Å². The molecule has 2 atom stereocenters. The molecule has 8 heteroatoms. The highest BCUT2D eigenvalue weighted by atomic mass is 16.4. The standard InChI is InChI=1S/C19H27N3O5/c1-11(2)8-15(18(20)26)22-19(27)16(21-12(3)23)9-13-4-6-14(7-5-13)10-17(24)25/h4-7,11,15-16H,8-10H2,1-3H3,(H2,20,26)(H,21,23)(H,22,27)(H,24,25)/t15-,16?/m0/s1. The van der Waals surface area contributed by atoms with E-state index < -0.39 is 29.9 Å². The summed E-state index contributed by atoms with van der Waals surface area (Å²) in [5.41, 5.74) is 6.74. The third kappa shape index (κ3) is 8.35. The summed E-state index contributed by atoms with van der Waals surface area (Å²) in [5.74, 6) is -2.28. The molecule has 5 N–H and O–H groups in total. The molecule has 0 heterocycles. The molecule has 1 rings (SSSR count). The summed E-state index contributed by atoms with van der Waals surface area (Å²) in [6, 6.07) is 5.06. The van der Waals surface area contributed by atoms with Crippen molar-refractivity contribution in [2.75, 3.05) is 0 Å². The van der Waals surface area contributed by atoms with E-state index in [1.807, 2.05) is 13.8 Å². The average molecular weight is 377 g/mol. The quantitative estimate of drug-likeness (QED) is 0.467. The Hall–Kier alpha value is -2.90. The van der Waals surface area contributed by atoms with Crippen molar-refractivity contribution in [3.05, 3.63) is 35.4 Å². The van der Waals surface area contributed by atoms with E-state index in [1.54, 1.807) is 24.3 Å². The van der Waals surface area contributed by atoms with Crippen molar-refractivity contribution in [1.29, 1.82) is 0 Å². The Labute approximate surface area is 158 Å². The number of primary amides is 1. The minimum Gasteiger partial charge on any atom is -0.481 e. The van der Waals surface area contributed by atoms with Gasteiger partial charge < -0.3 is 21.5 Å². The normalized spacial score (nSPS) is 12.9. The Kier molecular flexibility index (Phi) is 8.44. The number of aliphatic carboxylic acids is 1. The molecule has 1 aromatic carbocycles. The Morgan fingerprint density at radius 3 is 2.00 bits per heavy atom. The molecule has 0 radical (unpaired) electrons. The molecule has 0 aliphatic carbocycles. The second-order valence-corrected chi connectivity index (χ2v) is 6.94. The summed E-state index contributed by atoms with van der Waals surface area (Å²) >= 11 is 0. The lowest BCUT2D eigenvalue weighted by atomic mass is 10.0. The molecule has 8 nitrogen and oxygen atoms in total. The molecule has 0 saturated carbocycles. The molecule has 0 aromatic heterocycles. The van der Waals surface area contributed by atoms with Crippen LogP contribution in [0, 0.1) is 5.92 Å². The molecule has 27 heavy (non-hydrogen) atoms. The third-order valence-electron chi connectivity index (χ3n) is 3.88. The van der Waals surface area contributed by atoms with Crippen LogP contribution in [0.4, 0.5) is 0 Å². The fraction of sp³-hybridized carbons (Fsp3) is 0.474. The Bertz CT molecular complexity index is 685. The van der Waals surface area contributed by atoms with Crippen LogP contribution in [-0.4, -0.2) is 40.9 Å². The zero-order chi connectivity index (χ0) is 20.6. The van der Waals surface area contributed by atoms with E-state index in [0.29, 0.717) is 12.0 Å². The number of hydrogen-bond acceptors (Lipinski definition) is 4. The van der Waals surface area contributed by atoms with Gasteiger partial charge in [-0.15, -0.1) is 0 Å². The molecule has 1 aromatic rings. The van der Waals surface area contributed by atoms with Crippen molar-refractivity contribution in [3.63, 3.8) is 0 Å². The van der Waals surface area contributed by atoms with Gasteiger partial charge in [0.1, 0.15) is 12.1 Å². The van der Waals surface area contributed by atoms with Crippen molar-refractivity contribution < 1.29 is 24.3 Å². The lowest BCUT2D eigenvalue weighted by Gasteiger charge is -2.22. The van der Waals surface area contributed by atoms with Crippen molar-refractivity contribution >= 4 is 23.7 Å². The van der Waals surface area contributed by atoms with Gasteiger partial charge in [-0.2, -0.15) is 0 Å². The van der Waals surface area contributed by atoms with Gasteiger partial charge in [0.15, 0.2) is 0 Å². The van der Waals surface area contributed by atoms with Crippen LogP contribution in [0.5, 0.6) is 0 Å². The first-order chi connectivity index (χ1) is 12.6. The van der Waals surface area contributed by atoms with E-state index in [9.17, 15) is 19.2 Å². The zero-order valence-corrected chi connectivity index (χ0v) is 15.8. The molecule has 0 spiro atoms. The second kappa shape index (κ2) is 10.3. The average Bonchev–Trinajstić information content (AvgIpc) is 2.53. The first kappa shape index (κ1) is 22.1. The number of rotatable bonds is 10. The Morgan fingerprint density at radius 1 is 1.00 bits per heavy atom. The number of carbonyl (C=O) groups excluding carboxylic acids is 3. The number of nitrogens with one attached hydrogen (secondary N) is 2. The lowest BCUT2D eigenvalue weighted by molar-refractivity contribution is -0.136. The summed E-state index contributed by atoms with van der Waals surface area (Å²) in [6.07, 6.45) is 0.509. The number of carboxylic acid groups (broad SMARTS) is 1. The highest BCUT2D eigenvalue weighted by molar-refractivity contribution is 5.91. The minimum absolute atomic E-state index is 0.0919. The van der Waals surface area contributed by atoms with E-state index in [2.05, 4.69) is 10.6 Å². The van der Waals surface area contributed by atoms with Crippen molar-refractivity contribution in [3.8, 4) is 0 Å². The number of carbonyl (C=O) groups is 4. The van der Waals surface area contributed by atoms with Gasteiger partial charge in [-0.05, 0) is 23.5 Å². The molecule has 0 aliphatic heterocycles. The van der Waals surface area contributed by atoms with Gasteiger partial charge in [-0.3, -0.25) is 19.2 Å². The molecule has 0 saturated heterocycles. The molecule has 0 bridgehead atoms. The van der Waals surface area contributed by atoms with E-state index in [4.69, 9.17) is 10.8 Å². The van der Waals surface area contributed by atoms with Gasteiger partial charge in [0, 0.05) is 13.3 Å². The topological polar surface area (TPSA) is 139 Å². The van der Waals surface area contributed by atoms with Crippen molar-refractivity contribution in [2.45, 2.75) is 52.1 Å². The number of carboxylic acids is 1. The van der Waals surface area contributed by atoms with Crippen LogP contribution in [0.1, 0.15) is 38.3 Å². The predicted octanol–water partition coefficient (Wildman–Crippen LogP) is 0.377. The smallest absolute Gasteiger partial charge is 0.307 e. The van der Waals surface area contributed by atoms with Crippen LogP contribution in [-0.2, 0) is 32.0 Å². The lowest BCUT2D eigenvalue weighted by Crippen LogP contribution is -2.53. The van der Waals surface area contributed by atoms with Crippen LogP contribution in [0.15, 0.2) is 24.3 Å². The maximum Gasteiger partial charge on any atom is 0.307 e. The van der Waals surface area contributed by atoms with Crippen LogP contribution in [0.2, 0.25) is 0 Å². The number of hydrogen-bond donors (Lipinski definition) is 4. The summed E-state index contributed by atoms with van der Waals surface area (Å²) in [4.78, 5) is 46.4. The van der Waals surface area contributed by atoms with Crippen LogP contribution < -0.4 is 16.4 Å². The van der Waals surface area contributed by atoms with Gasteiger partial charge in [0.2, 0.25) is 17.7 Å². The van der Waals surface area contributed by atoms with Crippen molar-refractivity contribution in [1.82, 2.24) is 10.6 Å². The first-order valence-corrected chi connectivity index (χ1v) is 8.74. The van der Waals surface area contributed by atoms with E-state index in [1.165, 1.54) is 6.92 Å². The SMILES string of the molecule is CC(=O)NC(Cc1ccc(CC(=O)O)cc1)C(=O)N[C@@H](CC(C)C)C(N)=O. The molecule has 0 aliphatic rings. The second-order valence-electron chi connectivity index (χ2n) is 6.94.